The highest BCUT2D eigenvalue weighted by atomic mass is 16.7. The van der Waals surface area contributed by atoms with Crippen molar-refractivity contribution in [1.29, 1.82) is 0 Å². The lowest BCUT2D eigenvalue weighted by Crippen LogP contribution is -2.38. The van der Waals surface area contributed by atoms with E-state index >= 15 is 0 Å². The van der Waals surface area contributed by atoms with Crippen LogP contribution in [0.4, 0.5) is 16.2 Å². The van der Waals surface area contributed by atoms with Crippen molar-refractivity contribution in [3.05, 3.63) is 168 Å². The van der Waals surface area contributed by atoms with Crippen LogP contribution in [0.5, 0.6) is 11.5 Å². The van der Waals surface area contributed by atoms with Gasteiger partial charge in [0.1, 0.15) is 11.5 Å². The van der Waals surface area contributed by atoms with Crippen molar-refractivity contribution >= 4 is 28.2 Å². The molecule has 2 amide bonds. The number of carbonyl (C=O) groups excluding carboxylic acids is 1. The maximum atomic E-state index is 13.0. The zero-order valence-electron chi connectivity index (χ0n) is 29.3. The van der Waals surface area contributed by atoms with Gasteiger partial charge >= 0.3 is 6.03 Å². The first-order chi connectivity index (χ1) is 25.4. The minimum atomic E-state index is -0.660. The van der Waals surface area contributed by atoms with Crippen LogP contribution < -0.4 is 15.4 Å². The lowest BCUT2D eigenvalue weighted by molar-refractivity contribution is -0.253. The molecule has 1 aliphatic heterocycles. The molecule has 8 nitrogen and oxygen atoms in total. The maximum absolute atomic E-state index is 13.0. The van der Waals surface area contributed by atoms with Crippen molar-refractivity contribution in [2.75, 3.05) is 24.2 Å². The number of hydrogen-bond donors (Lipinski definition) is 3. The second-order valence-corrected chi connectivity index (χ2v) is 13.2. The zero-order valence-corrected chi connectivity index (χ0v) is 29.3. The molecule has 6 aromatic carbocycles. The summed E-state index contributed by atoms with van der Waals surface area (Å²) in [4.78, 5) is 15.3. The number of urea groups is 1. The van der Waals surface area contributed by atoms with Gasteiger partial charge in [-0.2, -0.15) is 0 Å². The summed E-state index contributed by atoms with van der Waals surface area (Å²) < 4.78 is 19.1. The molecular weight excluding hydrogens is 651 g/mol. The molecule has 1 saturated heterocycles. The van der Waals surface area contributed by atoms with Gasteiger partial charge in [-0.1, -0.05) is 91.0 Å². The highest BCUT2D eigenvalue weighted by Crippen LogP contribution is 2.39. The van der Waals surface area contributed by atoms with Gasteiger partial charge in [0.2, 0.25) is 0 Å². The third kappa shape index (κ3) is 8.67. The average molecular weight is 694 g/mol. The molecule has 0 spiro atoms. The van der Waals surface area contributed by atoms with Crippen LogP contribution >= 0.6 is 0 Å². The SMILES string of the molecule is CC(c1ccc2ccccc2c1)N(C)CC1CC(c2ccc(CO)cc2)OC(c2cccc(NC(=O)Nc3ccc(Oc4ccccc4)cc3)c2)O1. The zero-order chi connectivity index (χ0) is 35.9. The van der Waals surface area contributed by atoms with Gasteiger partial charge in [0.25, 0.3) is 0 Å². The van der Waals surface area contributed by atoms with Crippen LogP contribution in [0.1, 0.15) is 54.0 Å². The van der Waals surface area contributed by atoms with Gasteiger partial charge in [-0.25, -0.2) is 4.79 Å². The third-order valence-electron chi connectivity index (χ3n) is 9.53. The summed E-state index contributed by atoms with van der Waals surface area (Å²) >= 11 is 0. The molecule has 4 atom stereocenters. The Morgan fingerprint density at radius 1 is 0.750 bits per heavy atom. The third-order valence-corrected chi connectivity index (χ3v) is 9.53. The summed E-state index contributed by atoms with van der Waals surface area (Å²) in [7, 11) is 2.13. The maximum Gasteiger partial charge on any atom is 0.323 e. The first-order valence-corrected chi connectivity index (χ1v) is 17.6. The summed E-state index contributed by atoms with van der Waals surface area (Å²) in [5.41, 5.74) is 5.16. The van der Waals surface area contributed by atoms with Crippen molar-refractivity contribution in [1.82, 2.24) is 4.90 Å². The Morgan fingerprint density at radius 2 is 1.46 bits per heavy atom. The van der Waals surface area contributed by atoms with Crippen LogP contribution in [0.2, 0.25) is 0 Å². The minimum Gasteiger partial charge on any atom is -0.457 e. The lowest BCUT2D eigenvalue weighted by Gasteiger charge is -2.39. The van der Waals surface area contributed by atoms with E-state index in [0.29, 0.717) is 30.1 Å². The molecule has 0 bridgehead atoms. The van der Waals surface area contributed by atoms with Crippen LogP contribution in [0.25, 0.3) is 10.8 Å². The number of carbonyl (C=O) groups is 1. The van der Waals surface area contributed by atoms with Crippen molar-refractivity contribution in [3.63, 3.8) is 0 Å². The van der Waals surface area contributed by atoms with E-state index in [1.54, 1.807) is 12.1 Å². The van der Waals surface area contributed by atoms with E-state index in [-0.39, 0.29) is 30.9 Å². The first-order valence-electron chi connectivity index (χ1n) is 17.6. The van der Waals surface area contributed by atoms with Gasteiger partial charge in [0.05, 0.1) is 18.8 Å². The number of aliphatic hydroxyl groups is 1. The normalized spacial score (nSPS) is 17.8. The van der Waals surface area contributed by atoms with Gasteiger partial charge < -0.3 is 30.0 Å². The smallest absolute Gasteiger partial charge is 0.323 e. The summed E-state index contributed by atoms with van der Waals surface area (Å²) in [6.07, 6.45) is -0.357. The first kappa shape index (κ1) is 34.9. The topological polar surface area (TPSA) is 92.3 Å². The van der Waals surface area contributed by atoms with Gasteiger partial charge in [0, 0.05) is 35.9 Å². The number of ether oxygens (including phenoxy) is 3. The molecule has 6 aromatic rings. The quantitative estimate of drug-likeness (QED) is 0.125. The van der Waals surface area contributed by atoms with E-state index < -0.39 is 6.29 Å². The summed E-state index contributed by atoms with van der Waals surface area (Å²) in [6, 6.07) is 47.1. The molecule has 0 aromatic heterocycles. The number of hydrogen-bond acceptors (Lipinski definition) is 6. The number of nitrogens with one attached hydrogen (secondary N) is 2. The van der Waals surface area contributed by atoms with Crippen molar-refractivity contribution in [2.45, 2.75) is 44.5 Å². The van der Waals surface area contributed by atoms with E-state index in [2.05, 4.69) is 72.0 Å². The Labute approximate surface area is 304 Å². The molecule has 1 heterocycles. The number of amides is 2. The monoisotopic (exact) mass is 693 g/mol. The number of rotatable bonds is 11. The summed E-state index contributed by atoms with van der Waals surface area (Å²) in [5, 5.41) is 17.9. The van der Waals surface area contributed by atoms with E-state index in [1.165, 1.54) is 16.3 Å². The second-order valence-electron chi connectivity index (χ2n) is 13.2. The Bertz CT molecular complexity index is 2090. The largest absolute Gasteiger partial charge is 0.457 e. The number of fused-ring (bicyclic) bond motifs is 1. The molecular formula is C44H43N3O5. The van der Waals surface area contributed by atoms with Crippen LogP contribution in [0.15, 0.2) is 146 Å². The molecule has 52 heavy (non-hydrogen) atoms. The van der Waals surface area contributed by atoms with E-state index in [4.69, 9.17) is 14.2 Å². The fourth-order valence-electron chi connectivity index (χ4n) is 6.52. The van der Waals surface area contributed by atoms with Crippen molar-refractivity contribution in [3.8, 4) is 11.5 Å². The standard InChI is InChI=1S/C44H43N3O5/c1-30(34-20-19-32-9-6-7-10-35(32)25-34)47(2)28-41-27-42(33-17-15-31(29-48)16-18-33)52-43(51-41)36-11-8-12-38(26-36)46-44(49)45-37-21-23-40(24-22-37)50-39-13-4-3-5-14-39/h3-26,30,41-43,48H,27-29H2,1-2H3,(H2,45,46,49). The molecule has 1 aliphatic rings. The number of anilines is 2. The number of para-hydroxylation sites is 1. The van der Waals surface area contributed by atoms with Gasteiger partial charge in [0.15, 0.2) is 6.29 Å². The van der Waals surface area contributed by atoms with Gasteiger partial charge in [-0.3, -0.25) is 4.90 Å². The summed E-state index contributed by atoms with van der Waals surface area (Å²) in [5.74, 6) is 1.42. The van der Waals surface area contributed by atoms with Crippen molar-refractivity contribution in [2.24, 2.45) is 0 Å². The molecule has 8 heteroatoms. The molecule has 1 fully saturated rings. The predicted octanol–water partition coefficient (Wildman–Crippen LogP) is 10.0. The molecule has 3 N–H and O–H groups in total. The highest BCUT2D eigenvalue weighted by molar-refractivity contribution is 5.99. The predicted molar refractivity (Wildman–Crippen MR) is 205 cm³/mol. The van der Waals surface area contributed by atoms with Crippen LogP contribution in [0, 0.1) is 0 Å². The second kappa shape index (κ2) is 16.2. The van der Waals surface area contributed by atoms with Crippen molar-refractivity contribution < 1.29 is 24.1 Å². The number of likely N-dealkylation sites (N-methyl/N-ethyl adjacent to an activating group) is 1. The molecule has 0 aliphatic carbocycles. The molecule has 0 radical (unpaired) electrons. The fraction of sp³-hybridized carbons (Fsp3) is 0.205. The Morgan fingerprint density at radius 3 is 2.23 bits per heavy atom. The van der Waals surface area contributed by atoms with E-state index in [9.17, 15) is 9.90 Å². The fourth-order valence-corrected chi connectivity index (χ4v) is 6.52. The van der Waals surface area contributed by atoms with Crippen LogP contribution in [-0.4, -0.2) is 35.7 Å². The van der Waals surface area contributed by atoms with E-state index in [0.717, 1.165) is 22.4 Å². The Kier molecular flexibility index (Phi) is 10.9. The molecule has 0 saturated carbocycles. The van der Waals surface area contributed by atoms with Gasteiger partial charge in [-0.15, -0.1) is 0 Å². The van der Waals surface area contributed by atoms with Crippen LogP contribution in [-0.2, 0) is 16.1 Å². The van der Waals surface area contributed by atoms with Gasteiger partial charge in [-0.05, 0) is 96.0 Å². The van der Waals surface area contributed by atoms with Crippen LogP contribution in [0.3, 0.4) is 0 Å². The minimum absolute atomic E-state index is 0.0149. The van der Waals surface area contributed by atoms with E-state index in [1.807, 2.05) is 91.0 Å². The highest BCUT2D eigenvalue weighted by Gasteiger charge is 2.33. The summed E-state index contributed by atoms with van der Waals surface area (Å²) in [6.45, 7) is 2.90. The lowest BCUT2D eigenvalue weighted by atomic mass is 9.98. The molecule has 4 unspecified atom stereocenters. The number of aliphatic hydroxyl groups excluding tert-OH is 1. The number of nitrogens with zero attached hydrogens (tertiary/aromatic N) is 1. The Hall–Kier alpha value is -5.51. The average Bonchev–Trinajstić information content (AvgIpc) is 3.18. The molecule has 264 valence electrons. The Balaban J connectivity index is 1.04. The molecule has 7 rings (SSSR count). The number of benzene rings is 6.